The van der Waals surface area contributed by atoms with Crippen LogP contribution in [-0.4, -0.2) is 42.6 Å². The molecule has 12 heavy (non-hydrogen) atoms. The quantitative estimate of drug-likeness (QED) is 0.661. The Hall–Kier alpha value is -0.870. The van der Waals surface area contributed by atoms with Crippen molar-refractivity contribution in [1.29, 1.82) is 0 Å². The highest BCUT2D eigenvalue weighted by atomic mass is 15.0. The van der Waals surface area contributed by atoms with Gasteiger partial charge in [0.2, 0.25) is 0 Å². The number of aromatic nitrogens is 2. The van der Waals surface area contributed by atoms with Gasteiger partial charge in [-0.2, -0.15) is 0 Å². The van der Waals surface area contributed by atoms with Crippen LogP contribution in [0.3, 0.4) is 0 Å². The lowest BCUT2D eigenvalue weighted by Crippen LogP contribution is -2.02. The van der Waals surface area contributed by atoms with Gasteiger partial charge in [-0.1, -0.05) is 0 Å². The van der Waals surface area contributed by atoms with Crippen molar-refractivity contribution in [3.05, 3.63) is 18.2 Å². The molecule has 0 aromatic carbocycles. The van der Waals surface area contributed by atoms with E-state index in [0.717, 1.165) is 12.1 Å². The molecular formula is C8H18N4. The highest BCUT2D eigenvalue weighted by Gasteiger charge is 1.87. The van der Waals surface area contributed by atoms with Crippen LogP contribution in [0.25, 0.3) is 0 Å². The zero-order valence-electron chi connectivity index (χ0n) is 8.04. The van der Waals surface area contributed by atoms with E-state index in [0.29, 0.717) is 6.54 Å². The second kappa shape index (κ2) is 6.82. The lowest BCUT2D eigenvalue weighted by Gasteiger charge is -1.90. The van der Waals surface area contributed by atoms with E-state index < -0.39 is 0 Å². The lowest BCUT2D eigenvalue weighted by molar-refractivity contribution is 0.505. The predicted octanol–water partition coefficient (Wildman–Crippen LogP) is 0.0887. The average Bonchev–Trinajstić information content (AvgIpc) is 2.39. The van der Waals surface area contributed by atoms with Gasteiger partial charge in [-0.15, -0.1) is 0 Å². The Kier molecular flexibility index (Phi) is 6.32. The second-order valence-electron chi connectivity index (χ2n) is 2.96. The molecule has 0 aliphatic carbocycles. The van der Waals surface area contributed by atoms with Gasteiger partial charge >= 0.3 is 0 Å². The van der Waals surface area contributed by atoms with Gasteiger partial charge < -0.3 is 15.6 Å². The summed E-state index contributed by atoms with van der Waals surface area (Å²) in [6, 6.07) is 0. The van der Waals surface area contributed by atoms with Crippen LogP contribution in [0, 0.1) is 0 Å². The summed E-state index contributed by atoms with van der Waals surface area (Å²) in [4.78, 5) is 8.78. The van der Waals surface area contributed by atoms with E-state index in [-0.39, 0.29) is 0 Å². The fourth-order valence-electron chi connectivity index (χ4n) is 0.577. The van der Waals surface area contributed by atoms with Gasteiger partial charge in [0, 0.05) is 18.3 Å². The summed E-state index contributed by atoms with van der Waals surface area (Å²) in [7, 11) is 6.00. The third kappa shape index (κ3) is 7.24. The molecule has 4 heteroatoms. The van der Waals surface area contributed by atoms with Crippen LogP contribution in [0.1, 0.15) is 5.69 Å². The zero-order valence-corrected chi connectivity index (χ0v) is 8.04. The highest BCUT2D eigenvalue weighted by molar-refractivity contribution is 4.93. The van der Waals surface area contributed by atoms with Crippen LogP contribution in [0.2, 0.25) is 0 Å². The van der Waals surface area contributed by atoms with Crippen molar-refractivity contribution < 1.29 is 0 Å². The van der Waals surface area contributed by atoms with Crippen LogP contribution in [0.15, 0.2) is 12.5 Å². The first-order valence-electron chi connectivity index (χ1n) is 3.95. The van der Waals surface area contributed by atoms with Crippen molar-refractivity contribution >= 4 is 0 Å². The molecule has 1 rings (SSSR count). The maximum Gasteiger partial charge on any atom is 0.0921 e. The summed E-state index contributed by atoms with van der Waals surface area (Å²) in [6.07, 6.45) is 4.33. The number of nitrogens with zero attached hydrogens (tertiary/aromatic N) is 2. The molecule has 0 aliphatic rings. The molecule has 0 atom stereocenters. The molecule has 0 spiro atoms. The number of nitrogens with two attached hydrogens (primary N) is 1. The van der Waals surface area contributed by atoms with E-state index in [1.807, 2.05) is 26.0 Å². The maximum atomic E-state index is 5.27. The van der Waals surface area contributed by atoms with Gasteiger partial charge in [0.05, 0.1) is 6.33 Å². The maximum absolute atomic E-state index is 5.27. The van der Waals surface area contributed by atoms with Crippen LogP contribution in [0.5, 0.6) is 0 Å². The van der Waals surface area contributed by atoms with Crippen LogP contribution in [0.4, 0.5) is 0 Å². The van der Waals surface area contributed by atoms with Gasteiger partial charge in [0.25, 0.3) is 0 Å². The number of nitrogens with one attached hydrogen (secondary N) is 1. The van der Waals surface area contributed by atoms with Crippen LogP contribution < -0.4 is 5.73 Å². The van der Waals surface area contributed by atoms with Gasteiger partial charge in [0.1, 0.15) is 0 Å². The zero-order chi connectivity index (χ0) is 9.40. The molecule has 0 aliphatic heterocycles. The first-order valence-corrected chi connectivity index (χ1v) is 3.95. The largest absolute Gasteiger partial charge is 0.348 e. The predicted molar refractivity (Wildman–Crippen MR) is 51.0 cm³/mol. The van der Waals surface area contributed by atoms with E-state index in [9.17, 15) is 0 Å². The number of imidazole rings is 1. The molecule has 0 saturated heterocycles. The summed E-state index contributed by atoms with van der Waals surface area (Å²) in [5.41, 5.74) is 6.38. The molecule has 0 radical (unpaired) electrons. The minimum absolute atomic E-state index is 0.683. The number of hydrogen-bond donors (Lipinski definition) is 2. The monoisotopic (exact) mass is 170 g/mol. The standard InChI is InChI=1S/C5H9N3.C3H9N/c6-2-1-5-3-7-4-8-5;1-4(2)3/h3-4H,1-2,6H2,(H,7,8);1-3H3. The van der Waals surface area contributed by atoms with E-state index >= 15 is 0 Å². The Bertz CT molecular complexity index is 166. The third-order valence-corrected chi connectivity index (χ3v) is 0.969. The van der Waals surface area contributed by atoms with Crippen molar-refractivity contribution in [2.45, 2.75) is 6.42 Å². The number of aromatic amines is 1. The van der Waals surface area contributed by atoms with Gasteiger partial charge in [-0.05, 0) is 27.7 Å². The molecule has 4 nitrogen and oxygen atoms in total. The molecule has 70 valence electrons. The molecule has 0 amide bonds. The van der Waals surface area contributed by atoms with Gasteiger partial charge in [-0.3, -0.25) is 0 Å². The topological polar surface area (TPSA) is 57.9 Å². The first-order chi connectivity index (χ1) is 5.66. The third-order valence-electron chi connectivity index (χ3n) is 0.969. The van der Waals surface area contributed by atoms with Crippen LogP contribution >= 0.6 is 0 Å². The summed E-state index contributed by atoms with van der Waals surface area (Å²) < 4.78 is 0. The minimum Gasteiger partial charge on any atom is -0.348 e. The van der Waals surface area contributed by atoms with E-state index in [4.69, 9.17) is 5.73 Å². The molecule has 0 unspecified atom stereocenters. The van der Waals surface area contributed by atoms with Gasteiger partial charge in [0.15, 0.2) is 0 Å². The van der Waals surface area contributed by atoms with Crippen LogP contribution in [-0.2, 0) is 6.42 Å². The normalized spacial score (nSPS) is 9.42. The molecule has 1 aromatic rings. The molecule has 1 heterocycles. The van der Waals surface area contributed by atoms with Crippen molar-refractivity contribution in [1.82, 2.24) is 14.9 Å². The Labute approximate surface area is 73.8 Å². The number of hydrogen-bond acceptors (Lipinski definition) is 3. The summed E-state index contributed by atoms with van der Waals surface area (Å²) >= 11 is 0. The molecule has 0 saturated carbocycles. The molecule has 3 N–H and O–H groups in total. The second-order valence-corrected chi connectivity index (χ2v) is 2.96. The molecule has 0 bridgehead atoms. The first kappa shape index (κ1) is 11.1. The minimum atomic E-state index is 0.683. The van der Waals surface area contributed by atoms with Gasteiger partial charge in [-0.25, -0.2) is 4.98 Å². The fourth-order valence-corrected chi connectivity index (χ4v) is 0.577. The summed E-state index contributed by atoms with van der Waals surface area (Å²) in [5.74, 6) is 0. The fraction of sp³-hybridized carbons (Fsp3) is 0.625. The van der Waals surface area contributed by atoms with E-state index in [1.165, 1.54) is 0 Å². The van der Waals surface area contributed by atoms with E-state index in [1.54, 1.807) is 12.5 Å². The van der Waals surface area contributed by atoms with E-state index in [2.05, 4.69) is 9.97 Å². The number of rotatable bonds is 2. The number of H-pyrrole nitrogens is 1. The molecule has 1 aromatic heterocycles. The Balaban J connectivity index is 0.000000261. The summed E-state index contributed by atoms with van der Waals surface area (Å²) in [5, 5.41) is 0. The van der Waals surface area contributed by atoms with Crippen molar-refractivity contribution in [3.8, 4) is 0 Å². The Morgan fingerprint density at radius 2 is 2.08 bits per heavy atom. The lowest BCUT2D eigenvalue weighted by atomic mass is 10.3. The van der Waals surface area contributed by atoms with Crippen molar-refractivity contribution in [2.75, 3.05) is 27.7 Å². The highest BCUT2D eigenvalue weighted by Crippen LogP contribution is 1.88. The summed E-state index contributed by atoms with van der Waals surface area (Å²) in [6.45, 7) is 0.683. The molecular weight excluding hydrogens is 152 g/mol. The van der Waals surface area contributed by atoms with Crippen molar-refractivity contribution in [3.63, 3.8) is 0 Å². The smallest absolute Gasteiger partial charge is 0.0921 e. The average molecular weight is 170 g/mol. The Morgan fingerprint density at radius 1 is 1.50 bits per heavy atom. The molecule has 0 fully saturated rings. The van der Waals surface area contributed by atoms with Crippen molar-refractivity contribution in [2.24, 2.45) is 5.73 Å². The SMILES string of the molecule is CN(C)C.NCCc1cnc[nH]1. The Morgan fingerprint density at radius 3 is 2.42 bits per heavy atom.